The maximum Gasteiger partial charge on any atom is 0.269 e. The number of fused-ring (bicyclic) bond motifs is 1. The summed E-state index contributed by atoms with van der Waals surface area (Å²) in [6.07, 6.45) is 0. The molecule has 3 aromatic rings. The lowest BCUT2D eigenvalue weighted by Crippen LogP contribution is -2.12. The summed E-state index contributed by atoms with van der Waals surface area (Å²) in [6, 6.07) is 12.7. The van der Waals surface area contributed by atoms with E-state index in [-0.39, 0.29) is 11.1 Å². The standard InChI is InChI=1S/C16H11BNO4/c1-17-11-4-7-15-13(8-11)14(19)9-16(22-15)10-2-5-12(6-3-10)18(20)21/h2-9H,1H3. The molecule has 107 valence electrons. The lowest BCUT2D eigenvalue weighted by atomic mass is 9.73. The van der Waals surface area contributed by atoms with Gasteiger partial charge in [-0.25, -0.2) is 0 Å². The summed E-state index contributed by atoms with van der Waals surface area (Å²) in [5, 5.41) is 11.2. The van der Waals surface area contributed by atoms with Gasteiger partial charge in [-0.3, -0.25) is 14.9 Å². The van der Waals surface area contributed by atoms with Crippen molar-refractivity contribution in [1.82, 2.24) is 0 Å². The average Bonchev–Trinajstić information content (AvgIpc) is 2.54. The Bertz CT molecular complexity index is 916. The second-order valence-electron chi connectivity index (χ2n) is 4.82. The summed E-state index contributed by atoms with van der Waals surface area (Å²) in [4.78, 5) is 22.4. The van der Waals surface area contributed by atoms with Gasteiger partial charge < -0.3 is 4.42 Å². The van der Waals surface area contributed by atoms with E-state index in [0.717, 1.165) is 5.46 Å². The molecule has 0 amide bonds. The van der Waals surface area contributed by atoms with Crippen molar-refractivity contribution in [1.29, 1.82) is 0 Å². The predicted octanol–water partition coefficient (Wildman–Crippen LogP) is 2.75. The van der Waals surface area contributed by atoms with Crippen LogP contribution < -0.4 is 10.9 Å². The topological polar surface area (TPSA) is 73.3 Å². The molecule has 3 rings (SSSR count). The van der Waals surface area contributed by atoms with Crippen LogP contribution in [0.3, 0.4) is 0 Å². The molecule has 2 aromatic carbocycles. The first-order chi connectivity index (χ1) is 10.6. The molecule has 0 atom stereocenters. The van der Waals surface area contributed by atoms with Crippen LogP contribution in [0.25, 0.3) is 22.3 Å². The van der Waals surface area contributed by atoms with Crippen LogP contribution in [-0.2, 0) is 0 Å². The van der Waals surface area contributed by atoms with E-state index >= 15 is 0 Å². The predicted molar refractivity (Wildman–Crippen MR) is 85.8 cm³/mol. The highest BCUT2D eigenvalue weighted by molar-refractivity contribution is 6.52. The van der Waals surface area contributed by atoms with Gasteiger partial charge in [0, 0.05) is 23.8 Å². The first-order valence-corrected chi connectivity index (χ1v) is 6.70. The van der Waals surface area contributed by atoms with Gasteiger partial charge >= 0.3 is 0 Å². The van der Waals surface area contributed by atoms with Crippen LogP contribution in [-0.4, -0.2) is 12.2 Å². The van der Waals surface area contributed by atoms with Crippen molar-refractivity contribution in [3.8, 4) is 11.3 Å². The molecule has 22 heavy (non-hydrogen) atoms. The van der Waals surface area contributed by atoms with Crippen LogP contribution in [0.4, 0.5) is 5.69 Å². The van der Waals surface area contributed by atoms with Crippen molar-refractivity contribution in [2.45, 2.75) is 6.82 Å². The number of benzene rings is 2. The number of nitrogens with zero attached hydrogens (tertiary/aromatic N) is 1. The van der Waals surface area contributed by atoms with Gasteiger partial charge in [0.05, 0.1) is 10.3 Å². The van der Waals surface area contributed by atoms with Gasteiger partial charge in [-0.1, -0.05) is 24.4 Å². The maximum absolute atomic E-state index is 12.2. The van der Waals surface area contributed by atoms with E-state index in [9.17, 15) is 14.9 Å². The minimum absolute atomic E-state index is 0.00462. The summed E-state index contributed by atoms with van der Waals surface area (Å²) < 4.78 is 5.74. The summed E-state index contributed by atoms with van der Waals surface area (Å²) in [7, 11) is 1.91. The van der Waals surface area contributed by atoms with E-state index in [0.29, 0.717) is 22.3 Å². The SMILES string of the molecule is C[B]c1ccc2oc(-c3ccc([N+](=O)[O-])cc3)cc(=O)c2c1. The molecule has 0 N–H and O–H groups in total. The van der Waals surface area contributed by atoms with Gasteiger partial charge in [-0.05, 0) is 18.2 Å². The summed E-state index contributed by atoms with van der Waals surface area (Å²) in [5.74, 6) is 0.389. The van der Waals surface area contributed by atoms with E-state index in [4.69, 9.17) is 4.42 Å². The molecule has 1 aromatic heterocycles. The Hall–Kier alpha value is -2.89. The van der Waals surface area contributed by atoms with Crippen molar-refractivity contribution in [2.75, 3.05) is 0 Å². The fraction of sp³-hybridized carbons (Fsp3) is 0.0625. The molecular formula is C16H11BNO4. The summed E-state index contributed by atoms with van der Waals surface area (Å²) in [6.45, 7) is 1.90. The largest absolute Gasteiger partial charge is 0.456 e. The third kappa shape index (κ3) is 2.51. The second-order valence-corrected chi connectivity index (χ2v) is 4.82. The zero-order valence-electron chi connectivity index (χ0n) is 11.8. The van der Waals surface area contributed by atoms with E-state index in [2.05, 4.69) is 0 Å². The highest BCUT2D eigenvalue weighted by Gasteiger charge is 2.10. The van der Waals surface area contributed by atoms with Crippen LogP contribution in [0.1, 0.15) is 0 Å². The number of non-ortho nitro benzene ring substituents is 1. The number of hydrogen-bond acceptors (Lipinski definition) is 4. The normalized spacial score (nSPS) is 10.6. The quantitative estimate of drug-likeness (QED) is 0.422. The lowest BCUT2D eigenvalue weighted by molar-refractivity contribution is -0.384. The van der Waals surface area contributed by atoms with Crippen LogP contribution >= 0.6 is 0 Å². The zero-order chi connectivity index (χ0) is 15.7. The van der Waals surface area contributed by atoms with Gasteiger partial charge in [0.15, 0.2) is 5.43 Å². The number of rotatable bonds is 3. The van der Waals surface area contributed by atoms with Crippen molar-refractivity contribution in [3.63, 3.8) is 0 Å². The highest BCUT2D eigenvalue weighted by Crippen LogP contribution is 2.23. The van der Waals surface area contributed by atoms with Crippen LogP contribution in [0.15, 0.2) is 57.7 Å². The molecule has 1 heterocycles. The van der Waals surface area contributed by atoms with Crippen LogP contribution in [0.2, 0.25) is 6.82 Å². The van der Waals surface area contributed by atoms with Gasteiger partial charge in [0.25, 0.3) is 5.69 Å². The van der Waals surface area contributed by atoms with E-state index in [1.54, 1.807) is 24.3 Å². The third-order valence-corrected chi connectivity index (χ3v) is 3.45. The Morgan fingerprint density at radius 3 is 2.45 bits per heavy atom. The van der Waals surface area contributed by atoms with Crippen LogP contribution in [0, 0.1) is 10.1 Å². The average molecular weight is 292 g/mol. The van der Waals surface area contributed by atoms with Crippen molar-refractivity contribution >= 4 is 29.4 Å². The van der Waals surface area contributed by atoms with E-state index < -0.39 is 4.92 Å². The Labute approximate surface area is 126 Å². The van der Waals surface area contributed by atoms with Gasteiger partial charge in [0.1, 0.15) is 18.6 Å². The Morgan fingerprint density at radius 1 is 1.09 bits per heavy atom. The van der Waals surface area contributed by atoms with Gasteiger partial charge in [-0.15, -0.1) is 0 Å². The molecule has 0 aliphatic carbocycles. The van der Waals surface area contributed by atoms with Crippen LogP contribution in [0.5, 0.6) is 0 Å². The zero-order valence-corrected chi connectivity index (χ0v) is 11.8. The van der Waals surface area contributed by atoms with E-state index in [1.165, 1.54) is 18.2 Å². The first-order valence-electron chi connectivity index (χ1n) is 6.70. The number of nitro benzene ring substituents is 1. The highest BCUT2D eigenvalue weighted by atomic mass is 16.6. The Balaban J connectivity index is 2.12. The number of nitro groups is 1. The van der Waals surface area contributed by atoms with Gasteiger partial charge in [-0.2, -0.15) is 0 Å². The van der Waals surface area contributed by atoms with Crippen molar-refractivity contribution in [2.24, 2.45) is 0 Å². The fourth-order valence-electron chi connectivity index (χ4n) is 2.24. The monoisotopic (exact) mass is 292 g/mol. The molecular weight excluding hydrogens is 281 g/mol. The summed E-state index contributed by atoms with van der Waals surface area (Å²) >= 11 is 0. The maximum atomic E-state index is 12.2. The fourth-order valence-corrected chi connectivity index (χ4v) is 2.24. The van der Waals surface area contributed by atoms with Crippen molar-refractivity contribution < 1.29 is 9.34 Å². The molecule has 0 bridgehead atoms. The lowest BCUT2D eigenvalue weighted by Gasteiger charge is -2.04. The first kappa shape index (κ1) is 14.1. The summed E-state index contributed by atoms with van der Waals surface area (Å²) in [5.41, 5.74) is 1.92. The molecule has 1 radical (unpaired) electrons. The minimum Gasteiger partial charge on any atom is -0.456 e. The number of hydrogen-bond donors (Lipinski definition) is 0. The van der Waals surface area contributed by atoms with Crippen molar-refractivity contribution in [3.05, 3.63) is 68.9 Å². The Morgan fingerprint density at radius 2 is 1.82 bits per heavy atom. The van der Waals surface area contributed by atoms with Gasteiger partial charge in [0.2, 0.25) is 0 Å². The molecule has 6 heteroatoms. The smallest absolute Gasteiger partial charge is 0.269 e. The molecule has 0 unspecified atom stereocenters. The Kier molecular flexibility index (Phi) is 3.51. The molecule has 0 saturated carbocycles. The van der Waals surface area contributed by atoms with E-state index in [1.807, 2.05) is 20.2 Å². The second kappa shape index (κ2) is 5.48. The molecule has 0 aliphatic heterocycles. The molecule has 0 saturated heterocycles. The molecule has 0 aliphatic rings. The molecule has 5 nitrogen and oxygen atoms in total. The molecule has 0 fully saturated rings. The minimum atomic E-state index is -0.469. The molecule has 0 spiro atoms. The third-order valence-electron chi connectivity index (χ3n) is 3.45.